The van der Waals surface area contributed by atoms with Crippen molar-refractivity contribution in [2.45, 2.75) is 13.0 Å². The SMILES string of the molecule is COc1ccc(Cl)cc1C(=O)NNC(=O)[C@@H](C)Oc1ccccc1F. The summed E-state index contributed by atoms with van der Waals surface area (Å²) in [5.41, 5.74) is 4.59. The number of rotatable bonds is 5. The number of methoxy groups -OCH3 is 1. The minimum absolute atomic E-state index is 0.0620. The van der Waals surface area contributed by atoms with E-state index >= 15 is 0 Å². The molecule has 0 aromatic heterocycles. The standard InChI is InChI=1S/C17H16ClFN2O4/c1-10(25-15-6-4-3-5-13(15)19)16(22)20-21-17(23)12-9-11(18)7-8-14(12)24-2/h3-10H,1-2H3,(H,20,22)(H,21,23)/t10-/m1/s1. The van der Waals surface area contributed by atoms with E-state index in [4.69, 9.17) is 21.1 Å². The van der Waals surface area contributed by atoms with Gasteiger partial charge < -0.3 is 9.47 Å². The Balaban J connectivity index is 1.96. The molecule has 0 radical (unpaired) electrons. The van der Waals surface area contributed by atoms with Crippen LogP contribution in [0.2, 0.25) is 5.02 Å². The minimum Gasteiger partial charge on any atom is -0.496 e. The molecule has 0 spiro atoms. The molecule has 2 aromatic rings. The number of ether oxygens (including phenoxy) is 2. The van der Waals surface area contributed by atoms with Gasteiger partial charge in [0.2, 0.25) is 0 Å². The first-order chi connectivity index (χ1) is 11.9. The van der Waals surface area contributed by atoms with Crippen LogP contribution in [0.3, 0.4) is 0 Å². The maximum absolute atomic E-state index is 13.5. The maximum atomic E-state index is 13.5. The number of benzene rings is 2. The van der Waals surface area contributed by atoms with Gasteiger partial charge in [0.15, 0.2) is 17.7 Å². The van der Waals surface area contributed by atoms with Crippen LogP contribution in [-0.4, -0.2) is 25.0 Å². The Labute approximate surface area is 148 Å². The lowest BCUT2D eigenvalue weighted by Gasteiger charge is -2.16. The summed E-state index contributed by atoms with van der Waals surface area (Å²) in [5, 5.41) is 0.341. The van der Waals surface area contributed by atoms with Crippen LogP contribution in [0.5, 0.6) is 11.5 Å². The maximum Gasteiger partial charge on any atom is 0.279 e. The molecule has 2 amide bonds. The van der Waals surface area contributed by atoms with Crippen molar-refractivity contribution in [1.29, 1.82) is 0 Å². The zero-order chi connectivity index (χ0) is 18.4. The first kappa shape index (κ1) is 18.5. The van der Waals surface area contributed by atoms with E-state index in [-0.39, 0.29) is 11.3 Å². The van der Waals surface area contributed by atoms with Crippen LogP contribution in [-0.2, 0) is 4.79 Å². The third kappa shape index (κ3) is 4.84. The molecule has 132 valence electrons. The molecule has 0 saturated carbocycles. The molecular weight excluding hydrogens is 351 g/mol. The zero-order valence-electron chi connectivity index (χ0n) is 13.5. The van der Waals surface area contributed by atoms with Crippen molar-refractivity contribution >= 4 is 23.4 Å². The second-order valence-electron chi connectivity index (χ2n) is 4.98. The number of hydrazine groups is 1. The molecule has 25 heavy (non-hydrogen) atoms. The number of carbonyl (C=O) groups excluding carboxylic acids is 2. The third-order valence-electron chi connectivity index (χ3n) is 3.22. The molecule has 2 aromatic carbocycles. The zero-order valence-corrected chi connectivity index (χ0v) is 14.3. The number of hydrogen-bond acceptors (Lipinski definition) is 4. The Morgan fingerprint density at radius 1 is 1.12 bits per heavy atom. The van der Waals surface area contributed by atoms with Gasteiger partial charge in [-0.1, -0.05) is 23.7 Å². The molecule has 0 aliphatic heterocycles. The van der Waals surface area contributed by atoms with Gasteiger partial charge in [-0.3, -0.25) is 20.4 Å². The summed E-state index contributed by atoms with van der Waals surface area (Å²) in [6.45, 7) is 1.42. The van der Waals surface area contributed by atoms with Gasteiger partial charge in [-0.2, -0.15) is 0 Å². The summed E-state index contributed by atoms with van der Waals surface area (Å²) >= 11 is 5.86. The van der Waals surface area contributed by atoms with E-state index in [1.807, 2.05) is 0 Å². The summed E-state index contributed by atoms with van der Waals surface area (Å²) in [4.78, 5) is 24.1. The average Bonchev–Trinajstić information content (AvgIpc) is 2.61. The van der Waals surface area contributed by atoms with Crippen molar-refractivity contribution < 1.29 is 23.5 Å². The van der Waals surface area contributed by atoms with Gasteiger partial charge in [0.25, 0.3) is 11.8 Å². The van der Waals surface area contributed by atoms with Crippen molar-refractivity contribution in [2.24, 2.45) is 0 Å². The van der Waals surface area contributed by atoms with E-state index in [1.54, 1.807) is 12.1 Å². The van der Waals surface area contributed by atoms with Crippen molar-refractivity contribution in [1.82, 2.24) is 10.9 Å². The predicted molar refractivity (Wildman–Crippen MR) is 90.1 cm³/mol. The Hall–Kier alpha value is -2.80. The van der Waals surface area contributed by atoms with Crippen LogP contribution in [0.1, 0.15) is 17.3 Å². The lowest BCUT2D eigenvalue weighted by molar-refractivity contribution is -0.128. The second kappa shape index (κ2) is 8.34. The Kier molecular flexibility index (Phi) is 6.19. The predicted octanol–water partition coefficient (Wildman–Crippen LogP) is 2.72. The molecular formula is C17H16ClFN2O4. The van der Waals surface area contributed by atoms with E-state index in [0.717, 1.165) is 0 Å². The highest BCUT2D eigenvalue weighted by Gasteiger charge is 2.19. The molecule has 1 atom stereocenters. The minimum atomic E-state index is -1.03. The summed E-state index contributed by atoms with van der Waals surface area (Å²) in [6, 6.07) is 10.2. The van der Waals surface area contributed by atoms with Crippen molar-refractivity contribution in [2.75, 3.05) is 7.11 Å². The number of nitrogens with one attached hydrogen (secondary N) is 2. The molecule has 2 N–H and O–H groups in total. The van der Waals surface area contributed by atoms with E-state index < -0.39 is 23.7 Å². The normalized spacial score (nSPS) is 11.4. The quantitative estimate of drug-likeness (QED) is 0.798. The fourth-order valence-electron chi connectivity index (χ4n) is 1.93. The highest BCUT2D eigenvalue weighted by Crippen LogP contribution is 2.22. The fraction of sp³-hybridized carbons (Fsp3) is 0.176. The van der Waals surface area contributed by atoms with Crippen LogP contribution in [0.15, 0.2) is 42.5 Å². The van der Waals surface area contributed by atoms with Gasteiger partial charge in [-0.25, -0.2) is 4.39 Å². The molecule has 8 heteroatoms. The van der Waals surface area contributed by atoms with Crippen molar-refractivity contribution in [3.05, 3.63) is 58.9 Å². The molecule has 0 fully saturated rings. The molecule has 0 aliphatic rings. The topological polar surface area (TPSA) is 76.7 Å². The van der Waals surface area contributed by atoms with E-state index in [0.29, 0.717) is 10.8 Å². The van der Waals surface area contributed by atoms with Crippen LogP contribution in [0, 0.1) is 5.82 Å². The van der Waals surface area contributed by atoms with E-state index in [2.05, 4.69) is 10.9 Å². The summed E-state index contributed by atoms with van der Waals surface area (Å²) < 4.78 is 23.8. The smallest absolute Gasteiger partial charge is 0.279 e. The Bertz CT molecular complexity index is 785. The number of hydrogen-bond donors (Lipinski definition) is 2. The highest BCUT2D eigenvalue weighted by molar-refractivity contribution is 6.31. The highest BCUT2D eigenvalue weighted by atomic mass is 35.5. The lowest BCUT2D eigenvalue weighted by atomic mass is 10.2. The van der Waals surface area contributed by atoms with E-state index in [9.17, 15) is 14.0 Å². The van der Waals surface area contributed by atoms with Crippen molar-refractivity contribution in [3.63, 3.8) is 0 Å². The second-order valence-corrected chi connectivity index (χ2v) is 5.41. The number of amides is 2. The van der Waals surface area contributed by atoms with Crippen LogP contribution in [0.25, 0.3) is 0 Å². The number of carbonyl (C=O) groups is 2. The summed E-state index contributed by atoms with van der Waals surface area (Å²) in [5.74, 6) is -1.63. The van der Waals surface area contributed by atoms with Crippen molar-refractivity contribution in [3.8, 4) is 11.5 Å². The van der Waals surface area contributed by atoms with Gasteiger partial charge in [0.1, 0.15) is 5.75 Å². The number of halogens is 2. The molecule has 0 bridgehead atoms. The van der Waals surface area contributed by atoms with Gasteiger partial charge in [-0.15, -0.1) is 0 Å². The average molecular weight is 367 g/mol. The first-order valence-electron chi connectivity index (χ1n) is 7.27. The number of para-hydroxylation sites is 1. The molecule has 0 heterocycles. The summed E-state index contributed by atoms with van der Waals surface area (Å²) in [7, 11) is 1.41. The van der Waals surface area contributed by atoms with Gasteiger partial charge in [0.05, 0.1) is 12.7 Å². The van der Waals surface area contributed by atoms with Gasteiger partial charge in [0, 0.05) is 5.02 Å². The third-order valence-corrected chi connectivity index (χ3v) is 3.45. The van der Waals surface area contributed by atoms with Crippen LogP contribution < -0.4 is 20.3 Å². The monoisotopic (exact) mass is 366 g/mol. The van der Waals surface area contributed by atoms with E-state index in [1.165, 1.54) is 44.4 Å². The molecule has 0 saturated heterocycles. The van der Waals surface area contributed by atoms with Crippen LogP contribution in [0.4, 0.5) is 4.39 Å². The fourth-order valence-corrected chi connectivity index (χ4v) is 2.10. The first-order valence-corrected chi connectivity index (χ1v) is 7.65. The molecule has 6 nitrogen and oxygen atoms in total. The summed E-state index contributed by atoms with van der Waals surface area (Å²) in [6.07, 6.45) is -1.03. The Morgan fingerprint density at radius 3 is 2.52 bits per heavy atom. The molecule has 0 aliphatic carbocycles. The lowest BCUT2D eigenvalue weighted by Crippen LogP contribution is -2.47. The van der Waals surface area contributed by atoms with Gasteiger partial charge in [-0.05, 0) is 37.3 Å². The molecule has 2 rings (SSSR count). The van der Waals surface area contributed by atoms with Crippen LogP contribution >= 0.6 is 11.6 Å². The Morgan fingerprint density at radius 2 is 1.84 bits per heavy atom. The largest absolute Gasteiger partial charge is 0.496 e. The molecule has 0 unspecified atom stereocenters. The van der Waals surface area contributed by atoms with Gasteiger partial charge >= 0.3 is 0 Å².